The van der Waals surface area contributed by atoms with Gasteiger partial charge in [-0.15, -0.1) is 0 Å². The third-order valence-corrected chi connectivity index (χ3v) is 4.73. The highest BCUT2D eigenvalue weighted by molar-refractivity contribution is 5.79. The van der Waals surface area contributed by atoms with Crippen molar-refractivity contribution in [1.29, 1.82) is 0 Å². The first-order valence-electron chi connectivity index (χ1n) is 9.93. The Morgan fingerprint density at radius 1 is 1.07 bits per heavy atom. The Balaban J connectivity index is 1.44. The molecule has 0 fully saturated rings. The molecule has 158 valence electrons. The molecule has 1 aliphatic heterocycles. The summed E-state index contributed by atoms with van der Waals surface area (Å²) in [5.74, 6) is -0.342. The first-order valence-corrected chi connectivity index (χ1v) is 9.93. The molecule has 0 aliphatic carbocycles. The molecule has 3 N–H and O–H groups in total. The van der Waals surface area contributed by atoms with Crippen LogP contribution in [0.25, 0.3) is 0 Å². The van der Waals surface area contributed by atoms with Gasteiger partial charge < -0.3 is 20.5 Å². The van der Waals surface area contributed by atoms with Crippen molar-refractivity contribution in [2.75, 3.05) is 13.2 Å². The standard InChI is InChI=1S/C22H26N4O4/c27-15-20-19(26-22(29)13-17-3-1-2-9-24-17)5-4-18(30-20)14-21(28)25-12-8-16-6-10-23-11-7-16/h1-7,9-11,18-20,27H,8,12-15H2,(H,25,28)(H,26,29)/t18-,19+,20-/m0/s1. The van der Waals surface area contributed by atoms with Crippen molar-refractivity contribution in [3.63, 3.8) is 0 Å². The van der Waals surface area contributed by atoms with E-state index in [-0.39, 0.29) is 31.3 Å². The van der Waals surface area contributed by atoms with Crippen LogP contribution in [-0.4, -0.2) is 58.3 Å². The summed E-state index contributed by atoms with van der Waals surface area (Å²) < 4.78 is 5.80. The molecule has 30 heavy (non-hydrogen) atoms. The molecule has 3 atom stereocenters. The van der Waals surface area contributed by atoms with Crippen molar-refractivity contribution in [3.05, 3.63) is 72.3 Å². The minimum atomic E-state index is -0.614. The van der Waals surface area contributed by atoms with E-state index in [9.17, 15) is 14.7 Å². The molecule has 0 saturated heterocycles. The summed E-state index contributed by atoms with van der Waals surface area (Å²) in [6.07, 6.45) is 8.55. The largest absolute Gasteiger partial charge is 0.394 e. The average Bonchev–Trinajstić information content (AvgIpc) is 2.76. The van der Waals surface area contributed by atoms with Gasteiger partial charge in [0.15, 0.2) is 0 Å². The molecule has 2 aromatic rings. The fourth-order valence-electron chi connectivity index (χ4n) is 3.19. The lowest BCUT2D eigenvalue weighted by Crippen LogP contribution is -2.49. The lowest BCUT2D eigenvalue weighted by Gasteiger charge is -2.31. The predicted octanol–water partition coefficient (Wildman–Crippen LogP) is 0.569. The van der Waals surface area contributed by atoms with Crippen LogP contribution in [0.5, 0.6) is 0 Å². The fraction of sp³-hybridized carbons (Fsp3) is 0.364. The van der Waals surface area contributed by atoms with Gasteiger partial charge in [-0.25, -0.2) is 0 Å². The Kier molecular flexibility index (Phi) is 8.05. The van der Waals surface area contributed by atoms with Gasteiger partial charge in [0.2, 0.25) is 11.8 Å². The number of aliphatic hydroxyl groups excluding tert-OH is 1. The Morgan fingerprint density at radius 2 is 1.90 bits per heavy atom. The molecule has 0 radical (unpaired) electrons. The first-order chi connectivity index (χ1) is 14.6. The lowest BCUT2D eigenvalue weighted by molar-refractivity contribution is -0.128. The van der Waals surface area contributed by atoms with Gasteiger partial charge in [0, 0.05) is 30.8 Å². The molecular weight excluding hydrogens is 384 g/mol. The van der Waals surface area contributed by atoms with Crippen molar-refractivity contribution in [3.8, 4) is 0 Å². The highest BCUT2D eigenvalue weighted by Crippen LogP contribution is 2.16. The zero-order valence-corrected chi connectivity index (χ0v) is 16.6. The maximum atomic E-state index is 12.2. The maximum absolute atomic E-state index is 12.2. The van der Waals surface area contributed by atoms with Gasteiger partial charge in [-0.1, -0.05) is 18.2 Å². The second-order valence-corrected chi connectivity index (χ2v) is 7.03. The van der Waals surface area contributed by atoms with Crippen LogP contribution >= 0.6 is 0 Å². The average molecular weight is 410 g/mol. The summed E-state index contributed by atoms with van der Waals surface area (Å²) >= 11 is 0. The minimum Gasteiger partial charge on any atom is -0.394 e. The molecule has 2 aromatic heterocycles. The van der Waals surface area contributed by atoms with Crippen LogP contribution in [0.1, 0.15) is 17.7 Å². The number of ether oxygens (including phenoxy) is 1. The van der Waals surface area contributed by atoms with E-state index >= 15 is 0 Å². The predicted molar refractivity (Wildman–Crippen MR) is 110 cm³/mol. The summed E-state index contributed by atoms with van der Waals surface area (Å²) in [6, 6.07) is 8.75. The van der Waals surface area contributed by atoms with Crippen molar-refractivity contribution < 1.29 is 19.4 Å². The normalized spacial score (nSPS) is 20.5. The molecule has 8 nitrogen and oxygen atoms in total. The third-order valence-electron chi connectivity index (χ3n) is 4.73. The van der Waals surface area contributed by atoms with E-state index in [0.717, 1.165) is 12.0 Å². The molecule has 3 heterocycles. The van der Waals surface area contributed by atoms with Gasteiger partial charge >= 0.3 is 0 Å². The number of pyridine rings is 2. The number of rotatable bonds is 9. The maximum Gasteiger partial charge on any atom is 0.226 e. The van der Waals surface area contributed by atoms with E-state index in [1.54, 1.807) is 42.9 Å². The topological polar surface area (TPSA) is 113 Å². The zero-order valence-electron chi connectivity index (χ0n) is 16.6. The monoisotopic (exact) mass is 410 g/mol. The Hall–Kier alpha value is -3.10. The summed E-state index contributed by atoms with van der Waals surface area (Å²) in [4.78, 5) is 32.5. The van der Waals surface area contributed by atoms with Crippen LogP contribution < -0.4 is 10.6 Å². The highest BCUT2D eigenvalue weighted by Gasteiger charge is 2.29. The zero-order chi connectivity index (χ0) is 21.2. The molecular formula is C22H26N4O4. The number of hydrogen-bond acceptors (Lipinski definition) is 6. The smallest absolute Gasteiger partial charge is 0.226 e. The SMILES string of the molecule is O=C(C[C@@H]1C=C[C@@H](NC(=O)Cc2ccccn2)[C@H](CO)O1)NCCc1ccncc1. The van der Waals surface area contributed by atoms with E-state index in [1.165, 1.54) is 0 Å². The van der Waals surface area contributed by atoms with E-state index in [2.05, 4.69) is 20.6 Å². The Labute approximate surface area is 175 Å². The van der Waals surface area contributed by atoms with Gasteiger partial charge in [0.25, 0.3) is 0 Å². The van der Waals surface area contributed by atoms with Gasteiger partial charge in [-0.3, -0.25) is 19.6 Å². The van der Waals surface area contributed by atoms with Crippen LogP contribution in [0.3, 0.4) is 0 Å². The van der Waals surface area contributed by atoms with Crippen LogP contribution in [0.2, 0.25) is 0 Å². The van der Waals surface area contributed by atoms with Gasteiger partial charge in [-0.2, -0.15) is 0 Å². The molecule has 2 amide bonds. The van der Waals surface area contributed by atoms with Crippen LogP contribution in [-0.2, 0) is 27.2 Å². The number of carbonyl (C=O) groups is 2. The summed E-state index contributed by atoms with van der Waals surface area (Å²) in [6.45, 7) is 0.258. The minimum absolute atomic E-state index is 0.131. The number of nitrogens with zero attached hydrogens (tertiary/aromatic N) is 2. The summed E-state index contributed by atoms with van der Waals surface area (Å²) in [5.41, 5.74) is 1.77. The quantitative estimate of drug-likeness (QED) is 0.521. The van der Waals surface area contributed by atoms with E-state index in [0.29, 0.717) is 12.2 Å². The Bertz CT molecular complexity index is 845. The number of amides is 2. The van der Waals surface area contributed by atoms with E-state index < -0.39 is 18.2 Å². The molecule has 3 rings (SSSR count). The van der Waals surface area contributed by atoms with Crippen LogP contribution in [0.4, 0.5) is 0 Å². The van der Waals surface area contributed by atoms with Crippen molar-refractivity contribution >= 4 is 11.8 Å². The van der Waals surface area contributed by atoms with Crippen LogP contribution in [0, 0.1) is 0 Å². The van der Waals surface area contributed by atoms with Gasteiger partial charge in [0.1, 0.15) is 6.10 Å². The lowest BCUT2D eigenvalue weighted by atomic mass is 10.0. The number of nitrogens with one attached hydrogen (secondary N) is 2. The van der Waals surface area contributed by atoms with Crippen molar-refractivity contribution in [2.24, 2.45) is 0 Å². The van der Waals surface area contributed by atoms with Gasteiger partial charge in [0.05, 0.1) is 31.6 Å². The summed E-state index contributed by atoms with van der Waals surface area (Å²) in [7, 11) is 0. The first kappa shape index (κ1) is 21.6. The second kappa shape index (κ2) is 11.2. The molecule has 8 heteroatoms. The molecule has 0 saturated carbocycles. The van der Waals surface area contributed by atoms with E-state index in [1.807, 2.05) is 18.2 Å². The number of aromatic nitrogens is 2. The molecule has 0 aromatic carbocycles. The summed E-state index contributed by atoms with van der Waals surface area (Å²) in [5, 5.41) is 15.4. The van der Waals surface area contributed by atoms with Crippen molar-refractivity contribution in [2.45, 2.75) is 37.5 Å². The molecule has 0 bridgehead atoms. The molecule has 0 unspecified atom stereocenters. The Morgan fingerprint density at radius 3 is 2.63 bits per heavy atom. The number of hydrogen-bond donors (Lipinski definition) is 3. The fourth-order valence-corrected chi connectivity index (χ4v) is 3.19. The van der Waals surface area contributed by atoms with Crippen LogP contribution in [0.15, 0.2) is 61.1 Å². The van der Waals surface area contributed by atoms with Crippen molar-refractivity contribution in [1.82, 2.24) is 20.6 Å². The highest BCUT2D eigenvalue weighted by atomic mass is 16.5. The third kappa shape index (κ3) is 6.75. The number of carbonyl (C=O) groups excluding carboxylic acids is 2. The number of aliphatic hydroxyl groups is 1. The molecule has 1 aliphatic rings. The van der Waals surface area contributed by atoms with E-state index in [4.69, 9.17) is 4.74 Å². The van der Waals surface area contributed by atoms with Gasteiger partial charge in [-0.05, 0) is 36.2 Å². The second-order valence-electron chi connectivity index (χ2n) is 7.03. The molecule has 0 spiro atoms.